The minimum absolute atomic E-state index is 0.114. The minimum Gasteiger partial charge on any atom is -0.466 e. The molecule has 0 amide bonds. The van der Waals surface area contributed by atoms with E-state index in [1.165, 1.54) is 217 Å². The maximum Gasteiger partial charge on any atom is 0.314 e. The van der Waals surface area contributed by atoms with Crippen molar-refractivity contribution in [2.24, 2.45) is 0 Å². The van der Waals surface area contributed by atoms with E-state index in [2.05, 4.69) is 27.7 Å². The second-order valence-corrected chi connectivity index (χ2v) is 23.7. The van der Waals surface area contributed by atoms with Crippen LogP contribution in [-0.2, 0) is 47.7 Å². The summed E-state index contributed by atoms with van der Waals surface area (Å²) in [5, 5.41) is 0. The third-order valence-corrected chi connectivity index (χ3v) is 15.7. The molecular formula is C64H120O10S2. The molecule has 0 N–H and O–H groups in total. The van der Waals surface area contributed by atoms with Crippen LogP contribution in [0.2, 0.25) is 0 Å². The van der Waals surface area contributed by atoms with Gasteiger partial charge in [-0.2, -0.15) is 23.5 Å². The summed E-state index contributed by atoms with van der Waals surface area (Å²) in [6.45, 7) is 10.1. The van der Waals surface area contributed by atoms with Gasteiger partial charge in [0.25, 0.3) is 0 Å². The van der Waals surface area contributed by atoms with Gasteiger partial charge in [-0.25, -0.2) is 0 Å². The molecule has 0 atom stereocenters. The number of carbonyl (C=O) groups is 6. The Labute approximate surface area is 476 Å². The molecule has 0 aromatic heterocycles. The van der Waals surface area contributed by atoms with Gasteiger partial charge in [0.1, 0.15) is 0 Å². The summed E-state index contributed by atoms with van der Waals surface area (Å²) in [4.78, 5) is 71.0. The molecule has 0 spiro atoms. The van der Waals surface area contributed by atoms with Gasteiger partial charge in [-0.15, -0.1) is 0 Å². The molecule has 0 unspecified atom stereocenters. The number of hydrogen-bond donors (Lipinski definition) is 0. The Morgan fingerprint density at radius 2 is 0.408 bits per heavy atom. The number of unbranched alkanes of at least 4 members (excludes halogenated alkanes) is 38. The number of thioether (sulfide) groups is 2. The molecule has 0 saturated heterocycles. The number of hydrogen-bond acceptors (Lipinski definition) is 12. The third kappa shape index (κ3) is 66.2. The molecule has 10 nitrogen and oxygen atoms in total. The first kappa shape index (κ1) is 76.0. The molecule has 0 radical (unpaired) electrons. The van der Waals surface area contributed by atoms with E-state index < -0.39 is 23.9 Å². The maximum atomic E-state index is 11.9. The summed E-state index contributed by atoms with van der Waals surface area (Å²) in [7, 11) is 0. The van der Waals surface area contributed by atoms with Gasteiger partial charge in [-0.1, -0.05) is 272 Å². The maximum absolute atomic E-state index is 11.9. The lowest BCUT2D eigenvalue weighted by Crippen LogP contribution is -2.14. The fourth-order valence-electron chi connectivity index (χ4n) is 8.85. The van der Waals surface area contributed by atoms with E-state index in [-0.39, 0.29) is 37.6 Å². The Morgan fingerprint density at radius 1 is 0.224 bits per heavy atom. The SMILES string of the molecule is CCCCCCCCCCCCCC(=O)OC(=O)CCSCCC(=O)OC(=O)CCCCCCCCCCCCC.CCCCCCCCCCCCOC(=O)CCSCCC(=O)OCCCCCCCCCCCC. The molecule has 448 valence electrons. The average Bonchev–Trinajstić information content (AvgIpc) is 3.40. The van der Waals surface area contributed by atoms with Gasteiger partial charge in [-0.05, 0) is 25.7 Å². The fourth-order valence-corrected chi connectivity index (χ4v) is 10.5. The number of esters is 6. The van der Waals surface area contributed by atoms with Crippen molar-refractivity contribution in [1.82, 2.24) is 0 Å². The first-order valence-corrected chi connectivity index (χ1v) is 34.4. The first-order valence-electron chi connectivity index (χ1n) is 32.1. The van der Waals surface area contributed by atoms with E-state index in [9.17, 15) is 28.8 Å². The highest BCUT2D eigenvalue weighted by Crippen LogP contribution is 2.17. The van der Waals surface area contributed by atoms with Gasteiger partial charge >= 0.3 is 35.8 Å². The summed E-state index contributed by atoms with van der Waals surface area (Å²) in [6, 6.07) is 0. The smallest absolute Gasteiger partial charge is 0.314 e. The van der Waals surface area contributed by atoms with Crippen molar-refractivity contribution < 1.29 is 47.7 Å². The Bertz CT molecular complexity index is 1200. The summed E-state index contributed by atoms with van der Waals surface area (Å²) in [5.74, 6) is 0.186. The van der Waals surface area contributed by atoms with Crippen LogP contribution in [0.5, 0.6) is 0 Å². The molecule has 0 bridgehead atoms. The normalized spacial score (nSPS) is 11.0. The van der Waals surface area contributed by atoms with Gasteiger partial charge in [0.15, 0.2) is 0 Å². The van der Waals surface area contributed by atoms with Crippen LogP contribution < -0.4 is 0 Å². The second-order valence-electron chi connectivity index (χ2n) is 21.3. The van der Waals surface area contributed by atoms with Crippen LogP contribution in [0.25, 0.3) is 0 Å². The van der Waals surface area contributed by atoms with Crippen molar-refractivity contribution >= 4 is 59.3 Å². The van der Waals surface area contributed by atoms with E-state index >= 15 is 0 Å². The highest BCUT2D eigenvalue weighted by Gasteiger charge is 2.13. The van der Waals surface area contributed by atoms with Crippen molar-refractivity contribution in [2.75, 3.05) is 36.2 Å². The average molecular weight is 1110 g/mol. The number of rotatable bonds is 58. The monoisotopic (exact) mass is 1110 g/mol. The number of ether oxygens (including phenoxy) is 4. The molecule has 0 aliphatic heterocycles. The lowest BCUT2D eigenvalue weighted by atomic mass is 10.1. The Morgan fingerprint density at radius 3 is 0.645 bits per heavy atom. The van der Waals surface area contributed by atoms with E-state index in [4.69, 9.17) is 18.9 Å². The zero-order valence-corrected chi connectivity index (χ0v) is 51.7. The lowest BCUT2D eigenvalue weighted by molar-refractivity contribution is -0.161. The quantitative estimate of drug-likeness (QED) is 0.0248. The van der Waals surface area contributed by atoms with Gasteiger partial charge < -0.3 is 18.9 Å². The van der Waals surface area contributed by atoms with Crippen LogP contribution in [0.15, 0.2) is 0 Å². The molecule has 0 rings (SSSR count). The highest BCUT2D eigenvalue weighted by molar-refractivity contribution is 7.99. The molecule has 0 saturated carbocycles. The topological polar surface area (TPSA) is 139 Å². The third-order valence-electron chi connectivity index (χ3n) is 13.7. The summed E-state index contributed by atoms with van der Waals surface area (Å²) < 4.78 is 20.4. The van der Waals surface area contributed by atoms with Crippen molar-refractivity contribution in [2.45, 2.75) is 336 Å². The van der Waals surface area contributed by atoms with Crippen molar-refractivity contribution in [3.63, 3.8) is 0 Å². The lowest BCUT2D eigenvalue weighted by Gasteiger charge is -2.06. The molecule has 12 heteroatoms. The van der Waals surface area contributed by atoms with Crippen LogP contribution in [0.4, 0.5) is 0 Å². The van der Waals surface area contributed by atoms with E-state index in [0.717, 1.165) is 64.2 Å². The number of carbonyl (C=O) groups excluding carboxylic acids is 6. The van der Waals surface area contributed by atoms with Crippen molar-refractivity contribution in [3.05, 3.63) is 0 Å². The van der Waals surface area contributed by atoms with E-state index in [1.54, 1.807) is 11.8 Å². The zero-order chi connectivity index (χ0) is 55.9. The van der Waals surface area contributed by atoms with E-state index in [1.807, 2.05) is 0 Å². The fraction of sp³-hybridized carbons (Fsp3) is 0.906. The Kier molecular flexibility index (Phi) is 65.4. The van der Waals surface area contributed by atoms with Crippen LogP contribution in [0, 0.1) is 0 Å². The largest absolute Gasteiger partial charge is 0.466 e. The van der Waals surface area contributed by atoms with Crippen molar-refractivity contribution in [3.8, 4) is 0 Å². The summed E-state index contributed by atoms with van der Waals surface area (Å²) in [6.07, 6.45) is 54.0. The predicted octanol–water partition coefficient (Wildman–Crippen LogP) is 19.5. The van der Waals surface area contributed by atoms with Gasteiger partial charge in [-0.3, -0.25) is 28.8 Å². The molecule has 0 aliphatic carbocycles. The standard InChI is InChI=1S/C34H62O6S.C30H58O4S/c1-3-5-7-9-11-13-15-17-19-21-23-25-31(35)39-33(37)27-29-41-30-28-34(38)40-32(36)26-24-22-20-18-16-14-12-10-8-6-4-2;1-3-5-7-9-11-13-15-17-19-21-25-33-29(31)23-27-35-28-24-30(32)34-26-22-20-18-16-14-12-10-8-6-4-2/h3-30H2,1-2H3;3-28H2,1-2H3. The minimum atomic E-state index is -0.518. The predicted molar refractivity (Wildman–Crippen MR) is 323 cm³/mol. The Hall–Kier alpha value is -2.08. The Balaban J connectivity index is 0. The molecule has 76 heavy (non-hydrogen) atoms. The van der Waals surface area contributed by atoms with Gasteiger partial charge in [0, 0.05) is 35.9 Å². The molecular weight excluding hydrogens is 993 g/mol. The van der Waals surface area contributed by atoms with Crippen LogP contribution in [0.3, 0.4) is 0 Å². The molecule has 0 aromatic rings. The van der Waals surface area contributed by atoms with Gasteiger partial charge in [0.05, 0.1) is 38.9 Å². The summed E-state index contributed by atoms with van der Waals surface area (Å²) in [5.41, 5.74) is 0. The van der Waals surface area contributed by atoms with Crippen LogP contribution >= 0.6 is 23.5 Å². The molecule has 0 aliphatic rings. The zero-order valence-electron chi connectivity index (χ0n) is 50.1. The molecule has 0 aromatic carbocycles. The van der Waals surface area contributed by atoms with E-state index in [0.29, 0.717) is 49.1 Å². The second kappa shape index (κ2) is 65.4. The summed E-state index contributed by atoms with van der Waals surface area (Å²) >= 11 is 3.04. The van der Waals surface area contributed by atoms with Crippen LogP contribution in [0.1, 0.15) is 336 Å². The molecule has 0 fully saturated rings. The molecule has 0 heterocycles. The van der Waals surface area contributed by atoms with Crippen LogP contribution in [-0.4, -0.2) is 72.0 Å². The first-order chi connectivity index (χ1) is 37.2. The van der Waals surface area contributed by atoms with Crippen molar-refractivity contribution in [1.29, 1.82) is 0 Å². The highest BCUT2D eigenvalue weighted by atomic mass is 32.2. The van der Waals surface area contributed by atoms with Gasteiger partial charge in [0.2, 0.25) is 0 Å².